The smallest absolute Gasteiger partial charge is 0.138 e. The molecule has 0 amide bonds. The molecule has 1 aliphatic rings. The zero-order valence-corrected chi connectivity index (χ0v) is 13.7. The van der Waals surface area contributed by atoms with Gasteiger partial charge in [-0.15, -0.1) is 0 Å². The van der Waals surface area contributed by atoms with Crippen molar-refractivity contribution in [2.75, 3.05) is 7.11 Å². The summed E-state index contributed by atoms with van der Waals surface area (Å²) in [4.78, 5) is 4.41. The molecule has 6 nitrogen and oxygen atoms in total. The maximum Gasteiger partial charge on any atom is 0.138 e. The predicted octanol–water partition coefficient (Wildman–Crippen LogP) is 1.83. The minimum absolute atomic E-state index is 0.0481. The molecule has 0 bridgehead atoms. The molecular weight excluding hydrogens is 266 g/mol. The van der Waals surface area contributed by atoms with Gasteiger partial charge in [0.1, 0.15) is 12.2 Å². The lowest BCUT2D eigenvalue weighted by molar-refractivity contribution is -0.0797. The highest BCUT2D eigenvalue weighted by Crippen LogP contribution is 2.38. The first-order valence-electron chi connectivity index (χ1n) is 7.92. The SMILES string of the molecule is COC1(C(Cc2ncnn2C(C)C)NN)CCCC(C)C1. The Morgan fingerprint density at radius 2 is 2.33 bits per heavy atom. The van der Waals surface area contributed by atoms with E-state index in [9.17, 15) is 0 Å². The van der Waals surface area contributed by atoms with E-state index in [0.29, 0.717) is 12.0 Å². The summed E-state index contributed by atoms with van der Waals surface area (Å²) >= 11 is 0. The van der Waals surface area contributed by atoms with Gasteiger partial charge in [-0.25, -0.2) is 9.67 Å². The lowest BCUT2D eigenvalue weighted by Crippen LogP contribution is -2.57. The van der Waals surface area contributed by atoms with Crippen LogP contribution in [0.15, 0.2) is 6.33 Å². The molecule has 1 fully saturated rings. The lowest BCUT2D eigenvalue weighted by Gasteiger charge is -2.44. The minimum atomic E-state index is -0.208. The highest BCUT2D eigenvalue weighted by atomic mass is 16.5. The van der Waals surface area contributed by atoms with Gasteiger partial charge in [0.05, 0.1) is 11.6 Å². The number of methoxy groups -OCH3 is 1. The number of hydrogen-bond acceptors (Lipinski definition) is 5. The summed E-state index contributed by atoms with van der Waals surface area (Å²) in [6.07, 6.45) is 6.88. The molecule has 0 aromatic carbocycles. The predicted molar refractivity (Wildman–Crippen MR) is 82.6 cm³/mol. The average Bonchev–Trinajstić information content (AvgIpc) is 2.93. The fourth-order valence-corrected chi connectivity index (χ4v) is 3.62. The lowest BCUT2D eigenvalue weighted by atomic mass is 9.74. The van der Waals surface area contributed by atoms with Crippen LogP contribution in [-0.2, 0) is 11.2 Å². The number of hydrazine groups is 1. The molecular formula is C15H29N5O. The van der Waals surface area contributed by atoms with Gasteiger partial charge in [0.2, 0.25) is 0 Å². The van der Waals surface area contributed by atoms with Crippen LogP contribution in [0.5, 0.6) is 0 Å². The van der Waals surface area contributed by atoms with Gasteiger partial charge >= 0.3 is 0 Å². The summed E-state index contributed by atoms with van der Waals surface area (Å²) in [6, 6.07) is 0.344. The summed E-state index contributed by atoms with van der Waals surface area (Å²) in [7, 11) is 1.80. The molecule has 3 atom stereocenters. The van der Waals surface area contributed by atoms with Crippen molar-refractivity contribution in [1.29, 1.82) is 0 Å². The van der Waals surface area contributed by atoms with Gasteiger partial charge < -0.3 is 4.74 Å². The highest BCUT2D eigenvalue weighted by molar-refractivity contribution is 5.02. The Balaban J connectivity index is 2.19. The topological polar surface area (TPSA) is 78.0 Å². The van der Waals surface area contributed by atoms with Crippen molar-refractivity contribution in [1.82, 2.24) is 20.2 Å². The van der Waals surface area contributed by atoms with Crippen LogP contribution in [0.25, 0.3) is 0 Å². The third-order valence-electron chi connectivity index (χ3n) is 4.76. The molecule has 0 spiro atoms. The molecule has 0 saturated heterocycles. The molecule has 21 heavy (non-hydrogen) atoms. The van der Waals surface area contributed by atoms with Gasteiger partial charge in [-0.3, -0.25) is 11.3 Å². The van der Waals surface area contributed by atoms with Crippen LogP contribution in [0.2, 0.25) is 0 Å². The molecule has 120 valence electrons. The monoisotopic (exact) mass is 295 g/mol. The highest BCUT2D eigenvalue weighted by Gasteiger charge is 2.42. The number of aromatic nitrogens is 3. The zero-order valence-electron chi connectivity index (χ0n) is 13.7. The van der Waals surface area contributed by atoms with Crippen molar-refractivity contribution < 1.29 is 4.74 Å². The number of nitrogens with two attached hydrogens (primary N) is 1. The van der Waals surface area contributed by atoms with Crippen molar-refractivity contribution in [2.24, 2.45) is 11.8 Å². The molecule has 1 aliphatic carbocycles. The van der Waals surface area contributed by atoms with Gasteiger partial charge in [-0.1, -0.05) is 19.8 Å². The Morgan fingerprint density at radius 3 is 2.90 bits per heavy atom. The van der Waals surface area contributed by atoms with E-state index in [2.05, 4.69) is 36.3 Å². The number of ether oxygens (including phenoxy) is 1. The van der Waals surface area contributed by atoms with Gasteiger partial charge in [0.15, 0.2) is 0 Å². The van der Waals surface area contributed by atoms with Crippen LogP contribution in [-0.4, -0.2) is 33.5 Å². The molecule has 3 N–H and O–H groups in total. The second-order valence-electron chi connectivity index (χ2n) is 6.61. The number of nitrogens with zero attached hydrogens (tertiary/aromatic N) is 3. The number of rotatable bonds is 6. The van der Waals surface area contributed by atoms with Crippen LogP contribution in [0.4, 0.5) is 0 Å². The fourth-order valence-electron chi connectivity index (χ4n) is 3.62. The van der Waals surface area contributed by atoms with Crippen LogP contribution in [0.1, 0.15) is 58.3 Å². The molecule has 1 heterocycles. The summed E-state index contributed by atoms with van der Waals surface area (Å²) in [5.74, 6) is 7.49. The van der Waals surface area contributed by atoms with Crippen molar-refractivity contribution in [3.05, 3.63) is 12.2 Å². The first-order chi connectivity index (χ1) is 10.0. The van der Waals surface area contributed by atoms with E-state index in [0.717, 1.165) is 25.1 Å². The summed E-state index contributed by atoms with van der Waals surface area (Å²) in [5.41, 5.74) is 2.77. The average molecular weight is 295 g/mol. The van der Waals surface area contributed by atoms with Gasteiger partial charge in [0.25, 0.3) is 0 Å². The molecule has 1 aromatic heterocycles. The van der Waals surface area contributed by atoms with Gasteiger partial charge in [0, 0.05) is 19.6 Å². The van der Waals surface area contributed by atoms with E-state index in [1.165, 1.54) is 12.8 Å². The van der Waals surface area contributed by atoms with E-state index in [4.69, 9.17) is 10.6 Å². The third kappa shape index (κ3) is 3.44. The second-order valence-corrected chi connectivity index (χ2v) is 6.61. The maximum atomic E-state index is 5.95. The Bertz CT molecular complexity index is 447. The number of nitrogens with one attached hydrogen (secondary N) is 1. The molecule has 1 saturated carbocycles. The summed E-state index contributed by atoms with van der Waals surface area (Å²) in [6.45, 7) is 6.51. The quantitative estimate of drug-likeness (QED) is 0.618. The van der Waals surface area contributed by atoms with E-state index in [1.807, 2.05) is 4.68 Å². The maximum absolute atomic E-state index is 5.95. The second kappa shape index (κ2) is 6.85. The first-order valence-corrected chi connectivity index (χ1v) is 7.92. The van der Waals surface area contributed by atoms with E-state index in [1.54, 1.807) is 13.4 Å². The van der Waals surface area contributed by atoms with Crippen molar-refractivity contribution >= 4 is 0 Å². The Labute approximate surface area is 127 Å². The standard InChI is InChI=1S/C15H29N5O/c1-11(2)20-14(17-10-18-20)8-13(19-16)15(21-4)7-5-6-12(3)9-15/h10-13,19H,5-9,16H2,1-4H3. The van der Waals surface area contributed by atoms with Crippen molar-refractivity contribution in [2.45, 2.75) is 70.6 Å². The largest absolute Gasteiger partial charge is 0.377 e. The first kappa shape index (κ1) is 16.4. The minimum Gasteiger partial charge on any atom is -0.377 e. The summed E-state index contributed by atoms with van der Waals surface area (Å²) < 4.78 is 7.91. The molecule has 0 aliphatic heterocycles. The van der Waals surface area contributed by atoms with Crippen molar-refractivity contribution in [3.8, 4) is 0 Å². The van der Waals surface area contributed by atoms with Crippen LogP contribution >= 0.6 is 0 Å². The normalized spacial score (nSPS) is 28.0. The van der Waals surface area contributed by atoms with E-state index >= 15 is 0 Å². The number of hydrogen-bond donors (Lipinski definition) is 2. The molecule has 0 radical (unpaired) electrons. The fraction of sp³-hybridized carbons (Fsp3) is 0.867. The van der Waals surface area contributed by atoms with Gasteiger partial charge in [-0.05, 0) is 32.6 Å². The Morgan fingerprint density at radius 1 is 1.57 bits per heavy atom. The van der Waals surface area contributed by atoms with Gasteiger partial charge in [-0.2, -0.15) is 5.10 Å². The Kier molecular flexibility index (Phi) is 5.35. The Hall–Kier alpha value is -0.980. The van der Waals surface area contributed by atoms with E-state index in [-0.39, 0.29) is 11.6 Å². The van der Waals surface area contributed by atoms with E-state index < -0.39 is 0 Å². The summed E-state index contributed by atoms with van der Waals surface area (Å²) in [5, 5.41) is 4.31. The molecule has 6 heteroatoms. The molecule has 2 rings (SSSR count). The van der Waals surface area contributed by atoms with Crippen LogP contribution < -0.4 is 11.3 Å². The molecule has 1 aromatic rings. The van der Waals surface area contributed by atoms with Crippen LogP contribution in [0.3, 0.4) is 0 Å². The molecule has 3 unspecified atom stereocenters. The van der Waals surface area contributed by atoms with Crippen LogP contribution in [0, 0.1) is 5.92 Å². The van der Waals surface area contributed by atoms with Crippen molar-refractivity contribution in [3.63, 3.8) is 0 Å². The zero-order chi connectivity index (χ0) is 15.5. The third-order valence-corrected chi connectivity index (χ3v) is 4.76.